The molecule has 6 nitrogen and oxygen atoms in total. The summed E-state index contributed by atoms with van der Waals surface area (Å²) in [4.78, 5) is 24.9. The molecule has 0 aromatic rings. The van der Waals surface area contributed by atoms with Crippen LogP contribution in [0.1, 0.15) is 45.4 Å². The summed E-state index contributed by atoms with van der Waals surface area (Å²) in [5.74, 6) is -1.65. The van der Waals surface area contributed by atoms with Crippen LogP contribution >= 0.6 is 0 Å². The van der Waals surface area contributed by atoms with Crippen molar-refractivity contribution < 1.29 is 23.1 Å². The number of likely N-dealkylation sites (tertiary alicyclic amines) is 1. The highest BCUT2D eigenvalue weighted by molar-refractivity contribution is 7.92. The average molecular weight is 331 g/mol. The van der Waals surface area contributed by atoms with Crippen LogP contribution in [0.3, 0.4) is 0 Å². The minimum Gasteiger partial charge on any atom is -0.481 e. The molecule has 1 N–H and O–H groups in total. The second-order valence-electron chi connectivity index (χ2n) is 6.70. The molecule has 2 aliphatic rings. The molecule has 2 unspecified atom stereocenters. The molecule has 2 fully saturated rings. The smallest absolute Gasteiger partial charge is 0.308 e. The fourth-order valence-electron chi connectivity index (χ4n) is 3.54. The van der Waals surface area contributed by atoms with Gasteiger partial charge in [0, 0.05) is 19.5 Å². The van der Waals surface area contributed by atoms with Gasteiger partial charge in [0.1, 0.15) is 0 Å². The lowest BCUT2D eigenvalue weighted by atomic mass is 9.90. The van der Waals surface area contributed by atoms with Crippen LogP contribution < -0.4 is 0 Å². The Balaban J connectivity index is 1.90. The maximum Gasteiger partial charge on any atom is 0.308 e. The topological polar surface area (TPSA) is 91.8 Å². The zero-order chi connectivity index (χ0) is 16.3. The second-order valence-corrected chi connectivity index (χ2v) is 9.10. The number of carboxylic acids is 1. The molecule has 1 heterocycles. The molecule has 1 aliphatic heterocycles. The predicted molar refractivity (Wildman–Crippen MR) is 82.1 cm³/mol. The third-order valence-corrected chi connectivity index (χ3v) is 7.03. The summed E-state index contributed by atoms with van der Waals surface area (Å²) in [7, 11) is -3.20. The van der Waals surface area contributed by atoms with Crippen molar-refractivity contribution in [2.75, 3.05) is 18.8 Å². The number of carbonyl (C=O) groups is 2. The summed E-state index contributed by atoms with van der Waals surface area (Å²) < 4.78 is 24.4. The lowest BCUT2D eigenvalue weighted by Gasteiger charge is -2.34. The summed E-state index contributed by atoms with van der Waals surface area (Å²) in [6, 6.07) is 0. The van der Waals surface area contributed by atoms with Crippen molar-refractivity contribution in [1.82, 2.24) is 4.90 Å². The maximum absolute atomic E-state index is 12.2. The van der Waals surface area contributed by atoms with Crippen molar-refractivity contribution in [2.24, 2.45) is 11.8 Å². The Morgan fingerprint density at radius 3 is 2.41 bits per heavy atom. The number of amides is 1. The van der Waals surface area contributed by atoms with Crippen molar-refractivity contribution in [3.05, 3.63) is 0 Å². The predicted octanol–water partition coefficient (Wildman–Crippen LogP) is 1.30. The molecule has 0 radical (unpaired) electrons. The first kappa shape index (κ1) is 17.2. The molecule has 1 aliphatic carbocycles. The largest absolute Gasteiger partial charge is 0.481 e. The summed E-state index contributed by atoms with van der Waals surface area (Å²) in [6.45, 7) is 2.64. The van der Waals surface area contributed by atoms with Gasteiger partial charge in [-0.3, -0.25) is 9.59 Å². The van der Waals surface area contributed by atoms with Crippen LogP contribution in [0.5, 0.6) is 0 Å². The molecule has 0 spiro atoms. The van der Waals surface area contributed by atoms with E-state index in [4.69, 9.17) is 5.11 Å². The first-order chi connectivity index (χ1) is 10.3. The van der Waals surface area contributed by atoms with E-state index >= 15 is 0 Å². The van der Waals surface area contributed by atoms with E-state index in [0.717, 1.165) is 12.8 Å². The van der Waals surface area contributed by atoms with Crippen molar-refractivity contribution in [3.8, 4) is 0 Å². The highest BCUT2D eigenvalue weighted by Gasteiger charge is 2.33. The van der Waals surface area contributed by atoms with Gasteiger partial charge in [0.2, 0.25) is 5.91 Å². The zero-order valence-electron chi connectivity index (χ0n) is 13.0. The Hall–Kier alpha value is -1.11. The molecular formula is C15H25NO5S. The number of carbonyl (C=O) groups excluding carboxylic acids is 1. The van der Waals surface area contributed by atoms with E-state index in [0.29, 0.717) is 25.8 Å². The molecule has 126 valence electrons. The number of nitrogens with zero attached hydrogens (tertiary/aromatic N) is 1. The van der Waals surface area contributed by atoms with Gasteiger partial charge in [0.05, 0.1) is 16.9 Å². The van der Waals surface area contributed by atoms with E-state index in [9.17, 15) is 18.0 Å². The van der Waals surface area contributed by atoms with Gasteiger partial charge < -0.3 is 10.0 Å². The summed E-state index contributed by atoms with van der Waals surface area (Å²) in [5.41, 5.74) is 0. The Morgan fingerprint density at radius 1 is 1.18 bits per heavy atom. The molecule has 1 amide bonds. The first-order valence-corrected chi connectivity index (χ1v) is 9.73. The third-order valence-electron chi connectivity index (χ3n) is 4.77. The monoisotopic (exact) mass is 331 g/mol. The molecule has 2 rings (SSSR count). The highest BCUT2D eigenvalue weighted by atomic mass is 32.2. The SMILES string of the molecule is CC1CC(C(=O)O)CN(C(=O)CCS(=O)(=O)C2CCCC2)C1. The van der Waals surface area contributed by atoms with Crippen molar-refractivity contribution >= 4 is 21.7 Å². The molecule has 0 bridgehead atoms. The van der Waals surface area contributed by atoms with Crippen molar-refractivity contribution in [3.63, 3.8) is 0 Å². The number of hydrogen-bond acceptors (Lipinski definition) is 4. The molecule has 1 saturated carbocycles. The van der Waals surface area contributed by atoms with E-state index in [-0.39, 0.29) is 35.8 Å². The van der Waals surface area contributed by atoms with E-state index in [2.05, 4.69) is 0 Å². The normalized spacial score (nSPS) is 27.0. The van der Waals surface area contributed by atoms with Crippen LogP contribution in [0, 0.1) is 11.8 Å². The standard InChI is InChI=1S/C15H25NO5S/c1-11-8-12(15(18)19)10-16(9-11)14(17)6-7-22(20,21)13-4-2-3-5-13/h11-13H,2-10H2,1H3,(H,18,19). The Morgan fingerprint density at radius 2 is 1.82 bits per heavy atom. The van der Waals surface area contributed by atoms with Crippen molar-refractivity contribution in [1.29, 1.82) is 0 Å². The Bertz CT molecular complexity index is 524. The molecule has 1 saturated heterocycles. The number of piperidine rings is 1. The molecule has 0 aromatic carbocycles. The van der Waals surface area contributed by atoms with E-state index in [1.807, 2.05) is 6.92 Å². The van der Waals surface area contributed by atoms with Gasteiger partial charge >= 0.3 is 5.97 Å². The van der Waals surface area contributed by atoms with Gasteiger partial charge in [-0.25, -0.2) is 8.42 Å². The van der Waals surface area contributed by atoms with E-state index in [1.54, 1.807) is 0 Å². The lowest BCUT2D eigenvalue weighted by molar-refractivity contribution is -0.146. The van der Waals surface area contributed by atoms with E-state index in [1.165, 1.54) is 4.90 Å². The lowest BCUT2D eigenvalue weighted by Crippen LogP contribution is -2.46. The fourth-order valence-corrected chi connectivity index (χ4v) is 5.38. The quantitative estimate of drug-likeness (QED) is 0.820. The van der Waals surface area contributed by atoms with Crippen LogP contribution in [0.4, 0.5) is 0 Å². The molecule has 2 atom stereocenters. The zero-order valence-corrected chi connectivity index (χ0v) is 13.8. The maximum atomic E-state index is 12.2. The molecule has 0 aromatic heterocycles. The summed E-state index contributed by atoms with van der Waals surface area (Å²) >= 11 is 0. The van der Waals surface area contributed by atoms with Gasteiger partial charge in [0.15, 0.2) is 9.84 Å². The molecule has 7 heteroatoms. The number of rotatable bonds is 5. The second kappa shape index (κ2) is 6.98. The van der Waals surface area contributed by atoms with Gasteiger partial charge in [-0.2, -0.15) is 0 Å². The number of aliphatic carboxylic acids is 1. The molecule has 22 heavy (non-hydrogen) atoms. The Labute approximate surface area is 131 Å². The van der Waals surface area contributed by atoms with Crippen LogP contribution in [-0.4, -0.2) is 54.4 Å². The van der Waals surface area contributed by atoms with Crippen LogP contribution in [0.2, 0.25) is 0 Å². The van der Waals surface area contributed by atoms with Crippen LogP contribution in [0.25, 0.3) is 0 Å². The van der Waals surface area contributed by atoms with Gasteiger partial charge in [-0.15, -0.1) is 0 Å². The van der Waals surface area contributed by atoms with Gasteiger partial charge in [-0.05, 0) is 25.2 Å². The minimum atomic E-state index is -3.20. The van der Waals surface area contributed by atoms with Gasteiger partial charge in [0.25, 0.3) is 0 Å². The number of carboxylic acid groups (broad SMARTS) is 1. The van der Waals surface area contributed by atoms with Crippen LogP contribution in [-0.2, 0) is 19.4 Å². The summed E-state index contributed by atoms with van der Waals surface area (Å²) in [5, 5.41) is 8.84. The highest BCUT2D eigenvalue weighted by Crippen LogP contribution is 2.26. The molecular weight excluding hydrogens is 306 g/mol. The fraction of sp³-hybridized carbons (Fsp3) is 0.867. The van der Waals surface area contributed by atoms with Crippen molar-refractivity contribution in [2.45, 2.75) is 50.7 Å². The average Bonchev–Trinajstić information content (AvgIpc) is 2.99. The van der Waals surface area contributed by atoms with Gasteiger partial charge in [-0.1, -0.05) is 19.8 Å². The Kier molecular flexibility index (Phi) is 5.47. The third kappa shape index (κ3) is 4.21. The number of sulfone groups is 1. The number of hydrogen-bond donors (Lipinski definition) is 1. The minimum absolute atomic E-state index is 0.0299. The summed E-state index contributed by atoms with van der Waals surface area (Å²) in [6.07, 6.45) is 3.84. The van der Waals surface area contributed by atoms with E-state index < -0.39 is 21.7 Å². The first-order valence-electron chi connectivity index (χ1n) is 8.01. The van der Waals surface area contributed by atoms with Crippen LogP contribution in [0.15, 0.2) is 0 Å².